The van der Waals surface area contributed by atoms with Crippen molar-refractivity contribution in [1.82, 2.24) is 5.32 Å². The molecular weight excluding hydrogens is 206 g/mol. The van der Waals surface area contributed by atoms with Crippen LogP contribution in [0.25, 0.3) is 0 Å². The van der Waals surface area contributed by atoms with E-state index in [0.717, 1.165) is 32.0 Å². The zero-order valence-corrected chi connectivity index (χ0v) is 9.39. The molecule has 0 bridgehead atoms. The van der Waals surface area contributed by atoms with Crippen molar-refractivity contribution in [3.05, 3.63) is 0 Å². The minimum atomic E-state index is -0.686. The first kappa shape index (κ1) is 10.5. The lowest BCUT2D eigenvalue weighted by Crippen LogP contribution is -2.43. The van der Waals surface area contributed by atoms with Crippen molar-refractivity contribution < 1.29 is 14.6 Å². The summed E-state index contributed by atoms with van der Waals surface area (Å²) in [7, 11) is 0. The smallest absolute Gasteiger partial charge is 0.320 e. The number of aliphatic carboxylic acids is 1. The number of hydrogen-bond acceptors (Lipinski definition) is 3. The highest BCUT2D eigenvalue weighted by molar-refractivity contribution is 5.74. The minimum absolute atomic E-state index is 0.309. The molecule has 0 spiro atoms. The van der Waals surface area contributed by atoms with Crippen LogP contribution < -0.4 is 5.32 Å². The van der Waals surface area contributed by atoms with Crippen LogP contribution in [0.3, 0.4) is 0 Å². The van der Waals surface area contributed by atoms with E-state index in [0.29, 0.717) is 17.9 Å². The number of hydrogen-bond donors (Lipinski definition) is 2. The first-order valence-corrected chi connectivity index (χ1v) is 6.30. The summed E-state index contributed by atoms with van der Waals surface area (Å²) in [4.78, 5) is 11.0. The first-order chi connectivity index (χ1) is 7.74. The van der Waals surface area contributed by atoms with Crippen LogP contribution in [-0.4, -0.2) is 36.4 Å². The molecule has 0 aromatic heterocycles. The van der Waals surface area contributed by atoms with Crippen LogP contribution in [0.5, 0.6) is 0 Å². The second-order valence-corrected chi connectivity index (χ2v) is 5.51. The second kappa shape index (κ2) is 4.00. The van der Waals surface area contributed by atoms with Crippen LogP contribution in [-0.2, 0) is 9.53 Å². The van der Waals surface area contributed by atoms with E-state index in [2.05, 4.69) is 5.32 Å². The third-order valence-electron chi connectivity index (χ3n) is 4.61. The molecule has 3 rings (SSSR count). The maximum Gasteiger partial charge on any atom is 0.320 e. The molecule has 16 heavy (non-hydrogen) atoms. The van der Waals surface area contributed by atoms with Crippen molar-refractivity contribution in [2.75, 3.05) is 13.2 Å². The Kier molecular flexibility index (Phi) is 2.64. The molecule has 0 aromatic rings. The lowest BCUT2D eigenvalue weighted by molar-refractivity contribution is -0.139. The number of rotatable bonds is 1. The van der Waals surface area contributed by atoms with Gasteiger partial charge in [-0.25, -0.2) is 0 Å². The molecule has 4 heteroatoms. The highest BCUT2D eigenvalue weighted by atomic mass is 16.5. The number of fused-ring (bicyclic) bond motifs is 2. The first-order valence-electron chi connectivity index (χ1n) is 6.30. The molecule has 4 nitrogen and oxygen atoms in total. The third-order valence-corrected chi connectivity index (χ3v) is 4.61. The van der Waals surface area contributed by atoms with E-state index in [4.69, 9.17) is 9.84 Å². The number of carbonyl (C=O) groups is 1. The Labute approximate surface area is 95.4 Å². The molecule has 5 unspecified atom stereocenters. The fourth-order valence-electron chi connectivity index (χ4n) is 3.75. The molecule has 5 atom stereocenters. The van der Waals surface area contributed by atoms with Gasteiger partial charge in [-0.2, -0.15) is 0 Å². The summed E-state index contributed by atoms with van der Waals surface area (Å²) in [5.41, 5.74) is 0. The predicted octanol–water partition coefficient (Wildman–Crippen LogP) is 0.864. The summed E-state index contributed by atoms with van der Waals surface area (Å²) >= 11 is 0. The van der Waals surface area contributed by atoms with Gasteiger partial charge < -0.3 is 15.2 Å². The van der Waals surface area contributed by atoms with Gasteiger partial charge in [0.25, 0.3) is 0 Å². The van der Waals surface area contributed by atoms with E-state index < -0.39 is 5.97 Å². The Morgan fingerprint density at radius 2 is 2.06 bits per heavy atom. The Hall–Kier alpha value is -0.610. The van der Waals surface area contributed by atoms with Gasteiger partial charge in [-0.1, -0.05) is 0 Å². The van der Waals surface area contributed by atoms with Crippen LogP contribution in [0, 0.1) is 17.8 Å². The minimum Gasteiger partial charge on any atom is -0.480 e. The molecule has 1 saturated carbocycles. The molecule has 2 saturated heterocycles. The molecule has 0 amide bonds. The fraction of sp³-hybridized carbons (Fsp3) is 0.917. The van der Waals surface area contributed by atoms with Gasteiger partial charge in [-0.15, -0.1) is 0 Å². The number of nitrogens with one attached hydrogen (secondary N) is 1. The molecule has 90 valence electrons. The van der Waals surface area contributed by atoms with Gasteiger partial charge in [0.2, 0.25) is 0 Å². The van der Waals surface area contributed by atoms with E-state index in [-0.39, 0.29) is 6.04 Å². The van der Waals surface area contributed by atoms with E-state index in [1.165, 1.54) is 12.8 Å². The van der Waals surface area contributed by atoms with Gasteiger partial charge >= 0.3 is 5.97 Å². The average Bonchev–Trinajstić information content (AvgIpc) is 2.68. The van der Waals surface area contributed by atoms with E-state index in [1.807, 2.05) is 0 Å². The van der Waals surface area contributed by atoms with Crippen molar-refractivity contribution in [2.45, 2.75) is 37.8 Å². The molecule has 2 N–H and O–H groups in total. The van der Waals surface area contributed by atoms with Crippen molar-refractivity contribution >= 4 is 5.97 Å². The van der Waals surface area contributed by atoms with Crippen LogP contribution in [0.15, 0.2) is 0 Å². The lowest BCUT2D eigenvalue weighted by atomic mass is 9.70. The molecule has 2 aliphatic heterocycles. The maximum absolute atomic E-state index is 11.0. The largest absolute Gasteiger partial charge is 0.480 e. The Balaban J connectivity index is 1.68. The van der Waals surface area contributed by atoms with E-state index in [1.54, 1.807) is 0 Å². The zero-order valence-electron chi connectivity index (χ0n) is 9.39. The summed E-state index contributed by atoms with van der Waals surface area (Å²) < 4.78 is 5.52. The highest BCUT2D eigenvalue weighted by Gasteiger charge is 2.44. The van der Waals surface area contributed by atoms with E-state index in [9.17, 15) is 4.79 Å². The van der Waals surface area contributed by atoms with Gasteiger partial charge in [0.1, 0.15) is 6.04 Å². The quantitative estimate of drug-likeness (QED) is 0.695. The Morgan fingerprint density at radius 1 is 1.19 bits per heavy atom. The predicted molar refractivity (Wildman–Crippen MR) is 58.1 cm³/mol. The van der Waals surface area contributed by atoms with Gasteiger partial charge in [-0.3, -0.25) is 4.79 Å². The normalized spacial score (nSPS) is 47.1. The number of carboxylic acids is 1. The van der Waals surface area contributed by atoms with E-state index >= 15 is 0 Å². The van der Waals surface area contributed by atoms with Crippen molar-refractivity contribution in [2.24, 2.45) is 17.8 Å². The molecular formula is C12H19NO3. The zero-order chi connectivity index (χ0) is 11.1. The molecule has 1 aliphatic carbocycles. The van der Waals surface area contributed by atoms with Crippen molar-refractivity contribution in [1.29, 1.82) is 0 Å². The van der Waals surface area contributed by atoms with Gasteiger partial charge in [-0.05, 0) is 43.4 Å². The second-order valence-electron chi connectivity index (χ2n) is 5.51. The van der Waals surface area contributed by atoms with Crippen LogP contribution in [0.4, 0.5) is 0 Å². The highest BCUT2D eigenvalue weighted by Crippen LogP contribution is 2.42. The summed E-state index contributed by atoms with van der Waals surface area (Å²) in [6.07, 6.45) is 4.31. The monoisotopic (exact) mass is 225 g/mol. The summed E-state index contributed by atoms with van der Waals surface area (Å²) in [6.45, 7) is 1.78. The Morgan fingerprint density at radius 3 is 2.88 bits per heavy atom. The van der Waals surface area contributed by atoms with Crippen LogP contribution >= 0.6 is 0 Å². The average molecular weight is 225 g/mol. The Bertz CT molecular complexity index is 272. The molecule has 0 radical (unpaired) electrons. The molecule has 2 heterocycles. The molecule has 3 aliphatic rings. The number of ether oxygens (including phenoxy) is 1. The SMILES string of the molecule is O=C(O)C1CC2CC3CCOCC3CC2N1. The summed E-state index contributed by atoms with van der Waals surface area (Å²) in [6, 6.07) is 0.111. The number of carboxylic acid groups (broad SMARTS) is 1. The summed E-state index contributed by atoms with van der Waals surface area (Å²) in [5, 5.41) is 12.3. The van der Waals surface area contributed by atoms with Crippen molar-refractivity contribution in [3.63, 3.8) is 0 Å². The lowest BCUT2D eigenvalue weighted by Gasteiger charge is -2.41. The van der Waals surface area contributed by atoms with Crippen molar-refractivity contribution in [3.8, 4) is 0 Å². The van der Waals surface area contributed by atoms with Crippen LogP contribution in [0.2, 0.25) is 0 Å². The van der Waals surface area contributed by atoms with Gasteiger partial charge in [0.05, 0.1) is 0 Å². The standard InChI is InChI=1S/C12H19NO3/c14-12(15)11-4-8-3-7-1-2-16-6-9(7)5-10(8)13-11/h7-11,13H,1-6H2,(H,14,15). The van der Waals surface area contributed by atoms with Gasteiger partial charge in [0.15, 0.2) is 0 Å². The maximum atomic E-state index is 11.0. The summed E-state index contributed by atoms with van der Waals surface area (Å²) in [5.74, 6) is 1.34. The topological polar surface area (TPSA) is 58.6 Å². The third kappa shape index (κ3) is 1.74. The molecule has 3 fully saturated rings. The van der Waals surface area contributed by atoms with Gasteiger partial charge in [0, 0.05) is 19.3 Å². The fourth-order valence-corrected chi connectivity index (χ4v) is 3.75. The molecule has 0 aromatic carbocycles. The van der Waals surface area contributed by atoms with Crippen LogP contribution in [0.1, 0.15) is 25.7 Å².